The van der Waals surface area contributed by atoms with E-state index in [0.29, 0.717) is 31.0 Å². The van der Waals surface area contributed by atoms with Crippen LogP contribution in [-0.4, -0.2) is 41.8 Å². The average Bonchev–Trinajstić information content (AvgIpc) is 3.10. The Balaban J connectivity index is 1.36. The molecule has 5 rings (SSSR count). The molecule has 0 aromatic heterocycles. The third-order valence-corrected chi connectivity index (χ3v) is 6.86. The lowest BCUT2D eigenvalue weighted by Gasteiger charge is -2.36. The van der Waals surface area contributed by atoms with E-state index in [4.69, 9.17) is 5.73 Å². The third-order valence-electron chi connectivity index (χ3n) is 6.86. The lowest BCUT2D eigenvalue weighted by Crippen LogP contribution is -2.52. The van der Waals surface area contributed by atoms with Crippen LogP contribution >= 0.6 is 0 Å². The number of para-hydroxylation sites is 1. The Hall–Kier alpha value is -3.19. The zero-order valence-corrected chi connectivity index (χ0v) is 18.0. The van der Waals surface area contributed by atoms with Gasteiger partial charge in [0.2, 0.25) is 11.8 Å². The van der Waals surface area contributed by atoms with E-state index in [0.717, 1.165) is 37.1 Å². The summed E-state index contributed by atoms with van der Waals surface area (Å²) in [7, 11) is 0. The number of fused-ring (bicyclic) bond motifs is 2. The van der Waals surface area contributed by atoms with Crippen molar-refractivity contribution in [2.45, 2.75) is 44.8 Å². The molecule has 1 fully saturated rings. The fourth-order valence-electron chi connectivity index (χ4n) is 5.28. The van der Waals surface area contributed by atoms with E-state index in [1.807, 2.05) is 12.1 Å². The van der Waals surface area contributed by atoms with E-state index in [1.165, 1.54) is 11.3 Å². The monoisotopic (exact) mass is 432 g/mol. The Morgan fingerprint density at radius 1 is 1.06 bits per heavy atom. The van der Waals surface area contributed by atoms with Gasteiger partial charge in [-0.05, 0) is 60.5 Å². The van der Waals surface area contributed by atoms with Crippen molar-refractivity contribution in [2.24, 2.45) is 11.7 Å². The van der Waals surface area contributed by atoms with Crippen LogP contribution in [0, 0.1) is 5.92 Å². The smallest absolute Gasteiger partial charge is 0.255 e. The van der Waals surface area contributed by atoms with Gasteiger partial charge in [0.25, 0.3) is 5.91 Å². The topological polar surface area (TPSA) is 95.7 Å². The van der Waals surface area contributed by atoms with Crippen molar-refractivity contribution in [3.63, 3.8) is 0 Å². The summed E-state index contributed by atoms with van der Waals surface area (Å²) in [6, 6.07) is 14.0. The highest BCUT2D eigenvalue weighted by atomic mass is 16.2. The molecule has 7 nitrogen and oxygen atoms in total. The molecule has 3 N–H and O–H groups in total. The number of carbonyl (C=O) groups is 3. The van der Waals surface area contributed by atoms with E-state index >= 15 is 0 Å². The number of nitrogens with one attached hydrogen (secondary N) is 1. The second kappa shape index (κ2) is 8.39. The van der Waals surface area contributed by atoms with Crippen LogP contribution in [0.15, 0.2) is 42.5 Å². The normalized spacial score (nSPS) is 22.6. The summed E-state index contributed by atoms with van der Waals surface area (Å²) in [4.78, 5) is 40.9. The number of anilines is 1. The predicted molar refractivity (Wildman–Crippen MR) is 121 cm³/mol. The van der Waals surface area contributed by atoms with Gasteiger partial charge in [0.05, 0.1) is 0 Å². The molecule has 2 aromatic carbocycles. The maximum absolute atomic E-state index is 13.1. The number of nitrogens with two attached hydrogens (primary N) is 1. The Morgan fingerprint density at radius 3 is 2.72 bits per heavy atom. The number of nitrogens with zero attached hydrogens (tertiary/aromatic N) is 2. The summed E-state index contributed by atoms with van der Waals surface area (Å²) >= 11 is 0. The summed E-state index contributed by atoms with van der Waals surface area (Å²) < 4.78 is 0. The van der Waals surface area contributed by atoms with Gasteiger partial charge < -0.3 is 15.5 Å². The van der Waals surface area contributed by atoms with Crippen LogP contribution < -0.4 is 16.0 Å². The first-order chi connectivity index (χ1) is 15.5. The number of hydrogen-bond acceptors (Lipinski definition) is 5. The van der Waals surface area contributed by atoms with Crippen molar-refractivity contribution in [1.29, 1.82) is 0 Å². The van der Waals surface area contributed by atoms with Crippen LogP contribution in [0.1, 0.15) is 46.3 Å². The summed E-state index contributed by atoms with van der Waals surface area (Å²) in [6.45, 7) is 2.76. The molecule has 3 heterocycles. The first kappa shape index (κ1) is 20.7. The van der Waals surface area contributed by atoms with Crippen LogP contribution in [0.3, 0.4) is 0 Å². The molecule has 0 spiro atoms. The first-order valence-corrected chi connectivity index (χ1v) is 11.3. The maximum atomic E-state index is 13.1. The molecule has 2 atom stereocenters. The molecule has 3 aliphatic heterocycles. The van der Waals surface area contributed by atoms with Crippen molar-refractivity contribution in [1.82, 2.24) is 10.2 Å². The van der Waals surface area contributed by atoms with Gasteiger partial charge in [-0.25, -0.2) is 0 Å². The summed E-state index contributed by atoms with van der Waals surface area (Å²) in [5.74, 6) is -0.253. The molecule has 0 bridgehead atoms. The lowest BCUT2D eigenvalue weighted by molar-refractivity contribution is -0.136. The molecular weight excluding hydrogens is 404 g/mol. The molecule has 166 valence electrons. The molecule has 2 unspecified atom stereocenters. The van der Waals surface area contributed by atoms with Crippen LogP contribution in [0.25, 0.3) is 0 Å². The van der Waals surface area contributed by atoms with E-state index < -0.39 is 6.04 Å². The van der Waals surface area contributed by atoms with Crippen LogP contribution in [0.4, 0.5) is 5.69 Å². The Bertz CT molecular complexity index is 1080. The Morgan fingerprint density at radius 2 is 1.91 bits per heavy atom. The first-order valence-electron chi connectivity index (χ1n) is 11.3. The zero-order valence-electron chi connectivity index (χ0n) is 18.0. The van der Waals surface area contributed by atoms with Crippen molar-refractivity contribution in [2.75, 3.05) is 18.0 Å². The minimum absolute atomic E-state index is 0.128. The second-order valence-electron chi connectivity index (χ2n) is 9.05. The van der Waals surface area contributed by atoms with Gasteiger partial charge in [-0.1, -0.05) is 30.3 Å². The minimum Gasteiger partial charge on any atom is -0.367 e. The predicted octanol–water partition coefficient (Wildman–Crippen LogP) is 1.98. The number of amides is 3. The number of carbonyl (C=O) groups excluding carboxylic acids is 3. The molecule has 1 saturated heterocycles. The lowest BCUT2D eigenvalue weighted by atomic mass is 9.90. The molecule has 0 radical (unpaired) electrons. The van der Waals surface area contributed by atoms with Crippen LogP contribution in [-0.2, 0) is 29.1 Å². The standard InChI is InChI=1S/C25H28N4O3/c26-10-9-17-11-18-3-1-2-4-21(18)28(14-17)13-16-5-6-19-15-29(25(32)20(19)12-16)22-7-8-23(30)27-24(22)31/h1-6,12,17,22H,7-11,13-15,26H2,(H,27,30,31). The number of hydrogen-bond donors (Lipinski definition) is 2. The fourth-order valence-corrected chi connectivity index (χ4v) is 5.28. The molecule has 0 saturated carbocycles. The summed E-state index contributed by atoms with van der Waals surface area (Å²) in [5, 5.41) is 2.36. The molecule has 2 aromatic rings. The number of piperidine rings is 1. The quantitative estimate of drug-likeness (QED) is 0.705. The van der Waals surface area contributed by atoms with E-state index in [-0.39, 0.29) is 24.1 Å². The van der Waals surface area contributed by atoms with Gasteiger partial charge >= 0.3 is 0 Å². The average molecular weight is 433 g/mol. The third kappa shape index (κ3) is 3.77. The number of imide groups is 1. The highest BCUT2D eigenvalue weighted by Gasteiger charge is 2.39. The van der Waals surface area contributed by atoms with E-state index in [2.05, 4.69) is 40.5 Å². The van der Waals surface area contributed by atoms with Gasteiger partial charge in [-0.15, -0.1) is 0 Å². The largest absolute Gasteiger partial charge is 0.367 e. The molecule has 0 aliphatic carbocycles. The summed E-state index contributed by atoms with van der Waals surface area (Å²) in [5.41, 5.74) is 11.1. The number of benzene rings is 2. The van der Waals surface area contributed by atoms with Crippen molar-refractivity contribution < 1.29 is 14.4 Å². The van der Waals surface area contributed by atoms with Gasteiger partial charge in [-0.3, -0.25) is 19.7 Å². The fraction of sp³-hybridized carbons (Fsp3) is 0.400. The second-order valence-corrected chi connectivity index (χ2v) is 9.05. The van der Waals surface area contributed by atoms with Crippen molar-refractivity contribution in [3.05, 3.63) is 64.7 Å². The SMILES string of the molecule is NCCC1Cc2ccccc2N(Cc2ccc3c(c2)C(=O)N(C2CCC(=O)NC2=O)C3)C1. The molecular formula is C25H28N4O3. The Labute approximate surface area is 187 Å². The molecule has 3 aliphatic rings. The Kier molecular flexibility index (Phi) is 5.43. The van der Waals surface area contributed by atoms with Crippen LogP contribution in [0.2, 0.25) is 0 Å². The molecule has 7 heteroatoms. The van der Waals surface area contributed by atoms with Crippen molar-refractivity contribution >= 4 is 23.4 Å². The van der Waals surface area contributed by atoms with E-state index in [9.17, 15) is 14.4 Å². The van der Waals surface area contributed by atoms with Gasteiger partial charge in [0.15, 0.2) is 0 Å². The number of rotatable bonds is 5. The van der Waals surface area contributed by atoms with E-state index in [1.54, 1.807) is 4.90 Å². The zero-order chi connectivity index (χ0) is 22.2. The molecule has 3 amide bonds. The van der Waals surface area contributed by atoms with Gasteiger partial charge in [-0.2, -0.15) is 0 Å². The highest BCUT2D eigenvalue weighted by molar-refractivity contribution is 6.05. The highest BCUT2D eigenvalue weighted by Crippen LogP contribution is 2.33. The summed E-state index contributed by atoms with van der Waals surface area (Å²) in [6.07, 6.45) is 2.69. The van der Waals surface area contributed by atoms with Crippen molar-refractivity contribution in [3.8, 4) is 0 Å². The maximum Gasteiger partial charge on any atom is 0.255 e. The minimum atomic E-state index is -0.581. The van der Waals surface area contributed by atoms with Crippen LogP contribution in [0.5, 0.6) is 0 Å². The van der Waals surface area contributed by atoms with Gasteiger partial charge in [0.1, 0.15) is 6.04 Å². The molecule has 32 heavy (non-hydrogen) atoms. The van der Waals surface area contributed by atoms with Gasteiger partial charge in [0, 0.05) is 37.3 Å².